The molecule has 1 amide bonds. The van der Waals surface area contributed by atoms with Gasteiger partial charge in [0.2, 0.25) is 5.91 Å². The molecule has 0 atom stereocenters. The monoisotopic (exact) mass is 281 g/mol. The van der Waals surface area contributed by atoms with E-state index in [9.17, 15) is 9.59 Å². The Balaban J connectivity index is 2.64. The summed E-state index contributed by atoms with van der Waals surface area (Å²) < 4.78 is 1.57. The Bertz CT molecular complexity index is 492. The molecule has 112 valence electrons. The predicted molar refractivity (Wildman–Crippen MR) is 75.5 cm³/mol. The van der Waals surface area contributed by atoms with Gasteiger partial charge in [-0.1, -0.05) is 13.8 Å². The molecule has 2 N–H and O–H groups in total. The summed E-state index contributed by atoms with van der Waals surface area (Å²) in [5.74, 6) is -0.443. The number of aliphatic carboxylic acids is 1. The van der Waals surface area contributed by atoms with Crippen LogP contribution in [0, 0.1) is 19.8 Å². The average Bonchev–Trinajstić information content (AvgIpc) is 2.56. The third-order valence-electron chi connectivity index (χ3n) is 3.20. The number of carboxylic acid groups (broad SMARTS) is 1. The van der Waals surface area contributed by atoms with Crippen LogP contribution in [0.25, 0.3) is 0 Å². The molecule has 0 saturated heterocycles. The lowest BCUT2D eigenvalue weighted by atomic mass is 10.1. The Morgan fingerprint density at radius 2 is 2.00 bits per heavy atom. The third kappa shape index (κ3) is 4.68. The lowest BCUT2D eigenvalue weighted by molar-refractivity contribution is -0.136. The van der Waals surface area contributed by atoms with Gasteiger partial charge in [-0.3, -0.25) is 14.3 Å². The van der Waals surface area contributed by atoms with Crippen LogP contribution >= 0.6 is 0 Å². The second-order valence-corrected chi connectivity index (χ2v) is 5.41. The predicted octanol–water partition coefficient (Wildman–Crippen LogP) is 1.29. The number of nitrogens with one attached hydrogen (secondary N) is 1. The SMILES string of the molecule is Cc1nn(CC(=O)NCCC(C)C)c(C)c1CC(=O)O. The Hall–Kier alpha value is -1.85. The number of hydrogen-bond acceptors (Lipinski definition) is 3. The molecule has 0 spiro atoms. The topological polar surface area (TPSA) is 84.2 Å². The fourth-order valence-electron chi connectivity index (χ4n) is 1.99. The fraction of sp³-hybridized carbons (Fsp3) is 0.643. The molecule has 0 fully saturated rings. The van der Waals surface area contributed by atoms with E-state index in [-0.39, 0.29) is 18.9 Å². The smallest absolute Gasteiger partial charge is 0.307 e. The van der Waals surface area contributed by atoms with Crippen molar-refractivity contribution in [3.63, 3.8) is 0 Å². The Kier molecular flexibility index (Phi) is 5.73. The summed E-state index contributed by atoms with van der Waals surface area (Å²) in [5.41, 5.74) is 2.09. The zero-order valence-corrected chi connectivity index (χ0v) is 12.6. The van der Waals surface area contributed by atoms with Crippen LogP contribution in [0.5, 0.6) is 0 Å². The summed E-state index contributed by atoms with van der Waals surface area (Å²) in [5, 5.41) is 15.9. The highest BCUT2D eigenvalue weighted by molar-refractivity contribution is 5.76. The van der Waals surface area contributed by atoms with Crippen molar-refractivity contribution in [2.75, 3.05) is 6.54 Å². The lowest BCUT2D eigenvalue weighted by Gasteiger charge is -2.08. The van der Waals surface area contributed by atoms with Crippen LogP contribution in [-0.2, 0) is 22.6 Å². The molecule has 0 bridgehead atoms. The number of amides is 1. The van der Waals surface area contributed by atoms with Crippen LogP contribution < -0.4 is 5.32 Å². The molecule has 0 saturated carbocycles. The molecule has 0 aliphatic heterocycles. The molecule has 1 aromatic heterocycles. The number of carbonyl (C=O) groups is 2. The van der Waals surface area contributed by atoms with Crippen LogP contribution in [-0.4, -0.2) is 33.3 Å². The van der Waals surface area contributed by atoms with Gasteiger partial charge in [0.1, 0.15) is 6.54 Å². The molecular formula is C14H23N3O3. The van der Waals surface area contributed by atoms with Gasteiger partial charge in [0.25, 0.3) is 0 Å². The zero-order valence-electron chi connectivity index (χ0n) is 12.6. The minimum Gasteiger partial charge on any atom is -0.481 e. The number of carboxylic acids is 1. The lowest BCUT2D eigenvalue weighted by Crippen LogP contribution is -2.29. The second-order valence-electron chi connectivity index (χ2n) is 5.41. The molecule has 1 heterocycles. The number of aromatic nitrogens is 2. The van der Waals surface area contributed by atoms with Crippen LogP contribution in [0.3, 0.4) is 0 Å². The summed E-state index contributed by atoms with van der Waals surface area (Å²) in [6, 6.07) is 0. The standard InChI is InChI=1S/C14H23N3O3/c1-9(2)5-6-15-13(18)8-17-11(4)12(7-14(19)20)10(3)16-17/h9H,5-8H2,1-4H3,(H,15,18)(H,19,20). The normalized spacial score (nSPS) is 10.8. The Morgan fingerprint density at radius 1 is 1.35 bits per heavy atom. The number of carbonyl (C=O) groups excluding carboxylic acids is 1. The first-order valence-electron chi connectivity index (χ1n) is 6.82. The highest BCUT2D eigenvalue weighted by atomic mass is 16.4. The summed E-state index contributed by atoms with van der Waals surface area (Å²) in [6.07, 6.45) is 0.875. The summed E-state index contributed by atoms with van der Waals surface area (Å²) in [7, 11) is 0. The zero-order chi connectivity index (χ0) is 15.3. The minimum absolute atomic E-state index is 0.0629. The van der Waals surface area contributed by atoms with Crippen molar-refractivity contribution < 1.29 is 14.7 Å². The van der Waals surface area contributed by atoms with E-state index < -0.39 is 5.97 Å². The number of rotatable bonds is 7. The van der Waals surface area contributed by atoms with Gasteiger partial charge in [0, 0.05) is 17.8 Å². The molecule has 1 rings (SSSR count). The first kappa shape index (κ1) is 16.2. The van der Waals surface area contributed by atoms with Gasteiger partial charge in [-0.05, 0) is 26.2 Å². The maximum absolute atomic E-state index is 11.8. The Morgan fingerprint density at radius 3 is 2.55 bits per heavy atom. The molecule has 0 aliphatic rings. The molecule has 1 aromatic rings. The molecule has 0 aromatic carbocycles. The van der Waals surface area contributed by atoms with Gasteiger partial charge in [0.15, 0.2) is 0 Å². The van der Waals surface area contributed by atoms with Gasteiger partial charge in [-0.2, -0.15) is 5.10 Å². The van der Waals surface area contributed by atoms with Crippen molar-refractivity contribution in [2.24, 2.45) is 5.92 Å². The van der Waals surface area contributed by atoms with Crippen molar-refractivity contribution in [3.8, 4) is 0 Å². The number of hydrogen-bond donors (Lipinski definition) is 2. The largest absolute Gasteiger partial charge is 0.481 e. The highest BCUT2D eigenvalue weighted by Gasteiger charge is 2.15. The second kappa shape index (κ2) is 7.07. The Labute approximate surface area is 119 Å². The van der Waals surface area contributed by atoms with Gasteiger partial charge >= 0.3 is 5.97 Å². The van der Waals surface area contributed by atoms with E-state index in [0.717, 1.165) is 12.1 Å². The number of nitrogens with zero attached hydrogens (tertiary/aromatic N) is 2. The quantitative estimate of drug-likeness (QED) is 0.788. The maximum Gasteiger partial charge on any atom is 0.307 e. The molecule has 20 heavy (non-hydrogen) atoms. The highest BCUT2D eigenvalue weighted by Crippen LogP contribution is 2.13. The van der Waals surface area contributed by atoms with Gasteiger partial charge in [0.05, 0.1) is 12.1 Å². The van der Waals surface area contributed by atoms with Gasteiger partial charge in [-0.25, -0.2) is 0 Å². The van der Waals surface area contributed by atoms with E-state index >= 15 is 0 Å². The van der Waals surface area contributed by atoms with Crippen molar-refractivity contribution in [2.45, 2.75) is 47.1 Å². The van der Waals surface area contributed by atoms with Crippen molar-refractivity contribution >= 4 is 11.9 Å². The average molecular weight is 281 g/mol. The van der Waals surface area contributed by atoms with E-state index in [2.05, 4.69) is 24.3 Å². The summed E-state index contributed by atoms with van der Waals surface area (Å²) in [4.78, 5) is 22.6. The van der Waals surface area contributed by atoms with E-state index in [1.165, 1.54) is 0 Å². The van der Waals surface area contributed by atoms with Crippen molar-refractivity contribution in [1.82, 2.24) is 15.1 Å². The fourth-order valence-corrected chi connectivity index (χ4v) is 1.99. The van der Waals surface area contributed by atoms with Crippen LogP contribution in [0.4, 0.5) is 0 Å². The van der Waals surface area contributed by atoms with Crippen LogP contribution in [0.1, 0.15) is 37.2 Å². The number of aryl methyl sites for hydroxylation is 1. The van der Waals surface area contributed by atoms with E-state index in [0.29, 0.717) is 23.7 Å². The van der Waals surface area contributed by atoms with E-state index in [4.69, 9.17) is 5.11 Å². The molecule has 0 unspecified atom stereocenters. The van der Waals surface area contributed by atoms with Gasteiger partial charge in [-0.15, -0.1) is 0 Å². The molecule has 0 aliphatic carbocycles. The maximum atomic E-state index is 11.8. The van der Waals surface area contributed by atoms with Crippen molar-refractivity contribution in [1.29, 1.82) is 0 Å². The first-order valence-corrected chi connectivity index (χ1v) is 6.82. The summed E-state index contributed by atoms with van der Waals surface area (Å²) in [6.45, 7) is 8.54. The van der Waals surface area contributed by atoms with E-state index in [1.54, 1.807) is 18.5 Å². The van der Waals surface area contributed by atoms with Gasteiger partial charge < -0.3 is 10.4 Å². The molecular weight excluding hydrogens is 258 g/mol. The first-order chi connectivity index (χ1) is 9.31. The van der Waals surface area contributed by atoms with E-state index in [1.807, 2.05) is 0 Å². The van der Waals surface area contributed by atoms with Crippen molar-refractivity contribution in [3.05, 3.63) is 17.0 Å². The molecule has 6 nitrogen and oxygen atoms in total. The molecule has 0 radical (unpaired) electrons. The van der Waals surface area contributed by atoms with Crippen LogP contribution in [0.2, 0.25) is 0 Å². The summed E-state index contributed by atoms with van der Waals surface area (Å²) >= 11 is 0. The third-order valence-corrected chi connectivity index (χ3v) is 3.20. The molecule has 6 heteroatoms. The minimum atomic E-state index is -0.892. The van der Waals surface area contributed by atoms with Crippen LogP contribution in [0.15, 0.2) is 0 Å².